The summed E-state index contributed by atoms with van der Waals surface area (Å²) >= 11 is 4.86. The molecule has 2 rings (SSSR count). The standard InChI is InChI=1S/C8H7BrClN3O2S2/c1-4-3-5(16-6(4)9)7-11-12-8(13(7)2)17(10,14)15/h3H,1-2H3. The maximum Gasteiger partial charge on any atom is 0.296 e. The van der Waals surface area contributed by atoms with Gasteiger partial charge < -0.3 is 0 Å². The second kappa shape index (κ2) is 4.34. The summed E-state index contributed by atoms with van der Waals surface area (Å²) in [5, 5.41) is 7.18. The number of aryl methyl sites for hydroxylation is 1. The maximum atomic E-state index is 11.2. The van der Waals surface area contributed by atoms with Gasteiger partial charge in [0.25, 0.3) is 14.2 Å². The Kier molecular flexibility index (Phi) is 3.32. The van der Waals surface area contributed by atoms with Gasteiger partial charge in [-0.3, -0.25) is 4.57 Å². The second-order valence-electron chi connectivity index (χ2n) is 3.37. The molecule has 0 fully saturated rings. The summed E-state index contributed by atoms with van der Waals surface area (Å²) in [6, 6.07) is 1.91. The van der Waals surface area contributed by atoms with E-state index in [1.165, 1.54) is 15.9 Å². The number of hydrogen-bond donors (Lipinski definition) is 0. The predicted octanol–water partition coefficient (Wildman–Crippen LogP) is 2.54. The van der Waals surface area contributed by atoms with Crippen molar-refractivity contribution in [1.29, 1.82) is 0 Å². The van der Waals surface area contributed by atoms with Crippen molar-refractivity contribution in [3.05, 3.63) is 15.4 Å². The Bertz CT molecular complexity index is 658. The van der Waals surface area contributed by atoms with Crippen molar-refractivity contribution in [2.24, 2.45) is 7.05 Å². The molecule has 0 saturated carbocycles. The minimum Gasteiger partial charge on any atom is -0.299 e. The highest BCUT2D eigenvalue weighted by molar-refractivity contribution is 9.11. The SMILES string of the molecule is Cc1cc(-c2nnc(S(=O)(=O)Cl)n2C)sc1Br. The first-order valence-electron chi connectivity index (χ1n) is 4.41. The van der Waals surface area contributed by atoms with Crippen molar-refractivity contribution in [3.8, 4) is 10.7 Å². The van der Waals surface area contributed by atoms with Gasteiger partial charge in [0.2, 0.25) is 0 Å². The molecule has 2 aromatic heterocycles. The fraction of sp³-hybridized carbons (Fsp3) is 0.250. The summed E-state index contributed by atoms with van der Waals surface area (Å²) in [5.41, 5.74) is 1.06. The molecule has 0 bridgehead atoms. The lowest BCUT2D eigenvalue weighted by Crippen LogP contribution is -2.02. The van der Waals surface area contributed by atoms with E-state index in [0.29, 0.717) is 5.82 Å². The topological polar surface area (TPSA) is 64.8 Å². The largest absolute Gasteiger partial charge is 0.299 e. The zero-order valence-corrected chi connectivity index (χ0v) is 12.8. The molecule has 2 heterocycles. The van der Waals surface area contributed by atoms with E-state index in [-0.39, 0.29) is 5.16 Å². The van der Waals surface area contributed by atoms with Crippen molar-refractivity contribution in [1.82, 2.24) is 14.8 Å². The van der Waals surface area contributed by atoms with Crippen LogP contribution in [0.2, 0.25) is 0 Å². The average molecular weight is 357 g/mol. The van der Waals surface area contributed by atoms with Gasteiger partial charge in [0, 0.05) is 17.7 Å². The highest BCUT2D eigenvalue weighted by Crippen LogP contribution is 2.34. The lowest BCUT2D eigenvalue weighted by Gasteiger charge is -1.98. The van der Waals surface area contributed by atoms with Crippen LogP contribution in [0.25, 0.3) is 10.7 Å². The van der Waals surface area contributed by atoms with Gasteiger partial charge in [0.05, 0.1) is 8.66 Å². The first-order chi connectivity index (χ1) is 7.80. The van der Waals surface area contributed by atoms with E-state index in [1.54, 1.807) is 7.05 Å². The molecule has 92 valence electrons. The maximum absolute atomic E-state index is 11.2. The molecule has 0 amide bonds. The van der Waals surface area contributed by atoms with E-state index in [4.69, 9.17) is 10.7 Å². The minimum atomic E-state index is -3.87. The monoisotopic (exact) mass is 355 g/mol. The smallest absolute Gasteiger partial charge is 0.296 e. The van der Waals surface area contributed by atoms with Gasteiger partial charge in [0.15, 0.2) is 5.82 Å². The Labute approximate surface area is 115 Å². The predicted molar refractivity (Wildman–Crippen MR) is 69.8 cm³/mol. The van der Waals surface area contributed by atoms with E-state index >= 15 is 0 Å². The average Bonchev–Trinajstić information content (AvgIpc) is 2.70. The number of nitrogens with zero attached hydrogens (tertiary/aromatic N) is 3. The molecule has 0 spiro atoms. The molecule has 0 aliphatic carbocycles. The molecule has 2 aromatic rings. The van der Waals surface area contributed by atoms with Gasteiger partial charge in [-0.2, -0.15) is 0 Å². The second-order valence-corrected chi connectivity index (χ2v) is 8.20. The van der Waals surface area contributed by atoms with Crippen molar-refractivity contribution in [3.63, 3.8) is 0 Å². The molecular weight excluding hydrogens is 350 g/mol. The molecule has 0 atom stereocenters. The molecule has 0 saturated heterocycles. The number of halogens is 2. The van der Waals surface area contributed by atoms with Crippen LogP contribution in [-0.4, -0.2) is 23.2 Å². The first-order valence-corrected chi connectivity index (χ1v) is 8.33. The van der Waals surface area contributed by atoms with E-state index in [0.717, 1.165) is 14.2 Å². The lowest BCUT2D eigenvalue weighted by atomic mass is 10.3. The molecule has 5 nitrogen and oxygen atoms in total. The normalized spacial score (nSPS) is 12.0. The van der Waals surface area contributed by atoms with Crippen LogP contribution >= 0.6 is 37.9 Å². The summed E-state index contributed by atoms with van der Waals surface area (Å²) in [6.45, 7) is 1.94. The molecule has 17 heavy (non-hydrogen) atoms. The summed E-state index contributed by atoms with van der Waals surface area (Å²) in [5.74, 6) is 0.475. The van der Waals surface area contributed by atoms with Gasteiger partial charge in [-0.25, -0.2) is 8.42 Å². The Hall–Kier alpha value is -0.440. The Morgan fingerprint density at radius 3 is 2.53 bits per heavy atom. The van der Waals surface area contributed by atoms with Crippen molar-refractivity contribution < 1.29 is 8.42 Å². The Morgan fingerprint density at radius 1 is 1.47 bits per heavy atom. The number of aromatic nitrogens is 3. The first kappa shape index (κ1) is 13.0. The Morgan fingerprint density at radius 2 is 2.12 bits per heavy atom. The third kappa shape index (κ3) is 2.40. The van der Waals surface area contributed by atoms with Crippen LogP contribution in [0.1, 0.15) is 5.56 Å². The molecule has 0 aromatic carbocycles. The molecule has 9 heteroatoms. The van der Waals surface area contributed by atoms with Crippen LogP contribution in [0.4, 0.5) is 0 Å². The van der Waals surface area contributed by atoms with Gasteiger partial charge in [-0.05, 0) is 34.5 Å². The van der Waals surface area contributed by atoms with Gasteiger partial charge in [-0.15, -0.1) is 21.5 Å². The van der Waals surface area contributed by atoms with Crippen LogP contribution in [0.15, 0.2) is 15.0 Å². The van der Waals surface area contributed by atoms with E-state index in [9.17, 15) is 8.42 Å². The van der Waals surface area contributed by atoms with Gasteiger partial charge >= 0.3 is 0 Å². The molecular formula is C8H7BrClN3O2S2. The number of thiophene rings is 1. The number of rotatable bonds is 2. The quantitative estimate of drug-likeness (QED) is 0.776. The summed E-state index contributed by atoms with van der Waals surface area (Å²) in [4.78, 5) is 0.830. The molecule has 0 unspecified atom stereocenters. The molecule has 0 aliphatic heterocycles. The van der Waals surface area contributed by atoms with Crippen LogP contribution in [0.5, 0.6) is 0 Å². The van der Waals surface area contributed by atoms with E-state index in [1.807, 2.05) is 13.0 Å². The number of hydrogen-bond acceptors (Lipinski definition) is 5. The lowest BCUT2D eigenvalue weighted by molar-refractivity contribution is 0.593. The van der Waals surface area contributed by atoms with Crippen LogP contribution < -0.4 is 0 Å². The highest BCUT2D eigenvalue weighted by atomic mass is 79.9. The molecule has 0 aliphatic rings. The third-order valence-corrected chi connectivity index (χ3v) is 5.47. The third-order valence-electron chi connectivity index (χ3n) is 2.13. The van der Waals surface area contributed by atoms with Crippen LogP contribution in [-0.2, 0) is 16.1 Å². The fourth-order valence-electron chi connectivity index (χ4n) is 1.31. The van der Waals surface area contributed by atoms with E-state index < -0.39 is 9.05 Å². The van der Waals surface area contributed by atoms with Gasteiger partial charge in [0.1, 0.15) is 0 Å². The fourth-order valence-corrected chi connectivity index (χ4v) is 3.82. The van der Waals surface area contributed by atoms with Crippen molar-refractivity contribution >= 4 is 47.0 Å². The van der Waals surface area contributed by atoms with Crippen molar-refractivity contribution in [2.45, 2.75) is 12.1 Å². The van der Waals surface area contributed by atoms with Crippen LogP contribution in [0, 0.1) is 6.92 Å². The summed E-state index contributed by atoms with van der Waals surface area (Å²) < 4.78 is 24.8. The zero-order valence-electron chi connectivity index (χ0n) is 8.81. The highest BCUT2D eigenvalue weighted by Gasteiger charge is 2.22. The summed E-state index contributed by atoms with van der Waals surface area (Å²) in [6.07, 6.45) is 0. The van der Waals surface area contributed by atoms with E-state index in [2.05, 4.69) is 26.1 Å². The molecule has 0 radical (unpaired) electrons. The van der Waals surface area contributed by atoms with Crippen molar-refractivity contribution in [2.75, 3.05) is 0 Å². The van der Waals surface area contributed by atoms with Gasteiger partial charge in [-0.1, -0.05) is 0 Å². The molecule has 0 N–H and O–H groups in total. The Balaban J connectivity index is 2.59. The minimum absolute atomic E-state index is 0.253. The zero-order chi connectivity index (χ0) is 12.8. The summed E-state index contributed by atoms with van der Waals surface area (Å²) in [7, 11) is 2.94. The van der Waals surface area contributed by atoms with Crippen LogP contribution in [0.3, 0.4) is 0 Å².